The number of carbonyl (C=O) groups excluding carboxylic acids is 3. The Morgan fingerprint density at radius 3 is 1.77 bits per heavy atom. The lowest BCUT2D eigenvalue weighted by molar-refractivity contribution is -0.163. The molecule has 4 rings (SSSR count). The molecule has 2 aromatic carbocycles. The lowest BCUT2D eigenvalue weighted by Crippen LogP contribution is -2.39. The van der Waals surface area contributed by atoms with Gasteiger partial charge in [0.15, 0.2) is 18.5 Å². The number of hydrogen-bond acceptors (Lipinski definition) is 8. The fraction of sp³-hybridized carbons (Fsp3) is 0.528. The molecular weight excluding hydrogens is 560 g/mol. The predicted molar refractivity (Wildman–Crippen MR) is 167 cm³/mol. The second-order valence-electron chi connectivity index (χ2n) is 11.5. The Hall–Kier alpha value is -3.49. The highest BCUT2D eigenvalue weighted by Gasteiger charge is 2.47. The Morgan fingerprint density at radius 1 is 0.727 bits per heavy atom. The van der Waals surface area contributed by atoms with Crippen LogP contribution < -0.4 is 0 Å². The Balaban J connectivity index is 1.23. The van der Waals surface area contributed by atoms with E-state index in [9.17, 15) is 14.4 Å². The van der Waals surface area contributed by atoms with Crippen LogP contribution in [0, 0.1) is 5.92 Å². The van der Waals surface area contributed by atoms with E-state index in [0.717, 1.165) is 29.9 Å². The second kappa shape index (κ2) is 17.1. The van der Waals surface area contributed by atoms with E-state index >= 15 is 0 Å². The fourth-order valence-corrected chi connectivity index (χ4v) is 6.09. The van der Waals surface area contributed by atoms with Gasteiger partial charge in [0.05, 0.1) is 19.8 Å². The van der Waals surface area contributed by atoms with Gasteiger partial charge in [-0.3, -0.25) is 0 Å². The molecule has 2 aromatic rings. The molecule has 1 heterocycles. The summed E-state index contributed by atoms with van der Waals surface area (Å²) in [6.45, 7) is 7.64. The maximum atomic E-state index is 12.4. The molecule has 1 saturated heterocycles. The highest BCUT2D eigenvalue weighted by atomic mass is 16.8. The van der Waals surface area contributed by atoms with Gasteiger partial charge < -0.3 is 23.7 Å². The third-order valence-corrected chi connectivity index (χ3v) is 8.52. The van der Waals surface area contributed by atoms with E-state index in [2.05, 4.69) is 30.8 Å². The predicted octanol–water partition coefficient (Wildman–Crippen LogP) is 7.22. The quantitative estimate of drug-likeness (QED) is 0.0908. The van der Waals surface area contributed by atoms with Gasteiger partial charge in [0.25, 0.3) is 0 Å². The van der Waals surface area contributed by atoms with Gasteiger partial charge in [-0.15, -0.1) is 0 Å². The van der Waals surface area contributed by atoms with E-state index in [4.69, 9.17) is 23.7 Å². The minimum Gasteiger partial charge on any atom is -0.464 e. The molecule has 0 aromatic heterocycles. The van der Waals surface area contributed by atoms with Gasteiger partial charge in [0.1, 0.15) is 0 Å². The average Bonchev–Trinajstić information content (AvgIpc) is 3.51. The number of carbonyl (C=O) groups is 3. The van der Waals surface area contributed by atoms with Gasteiger partial charge in [-0.25, -0.2) is 14.4 Å². The van der Waals surface area contributed by atoms with Crippen LogP contribution in [-0.4, -0.2) is 49.9 Å². The molecule has 0 unspecified atom stereocenters. The molecule has 1 aliphatic heterocycles. The van der Waals surface area contributed by atoms with Crippen LogP contribution in [0.3, 0.4) is 0 Å². The van der Waals surface area contributed by atoms with E-state index in [1.807, 2.05) is 24.3 Å². The van der Waals surface area contributed by atoms with Gasteiger partial charge >= 0.3 is 17.9 Å². The summed E-state index contributed by atoms with van der Waals surface area (Å²) in [6, 6.07) is 16.6. The molecule has 8 nitrogen and oxygen atoms in total. The number of ether oxygens (including phenoxy) is 5. The largest absolute Gasteiger partial charge is 0.464 e. The Bertz CT molecular complexity index is 1190. The van der Waals surface area contributed by atoms with Gasteiger partial charge in [-0.2, -0.15) is 0 Å². The molecule has 238 valence electrons. The van der Waals surface area contributed by atoms with Crippen molar-refractivity contribution in [2.75, 3.05) is 19.8 Å². The molecule has 1 saturated carbocycles. The first-order valence-corrected chi connectivity index (χ1v) is 16.1. The zero-order valence-corrected chi connectivity index (χ0v) is 26.0. The molecule has 0 amide bonds. The molecule has 0 bridgehead atoms. The Kier molecular flexibility index (Phi) is 13.0. The topological polar surface area (TPSA) is 97.4 Å². The number of esters is 3. The van der Waals surface area contributed by atoms with Crippen LogP contribution >= 0.6 is 0 Å². The van der Waals surface area contributed by atoms with Gasteiger partial charge in [0, 0.05) is 11.6 Å². The van der Waals surface area contributed by atoms with E-state index in [1.54, 1.807) is 13.8 Å². The summed E-state index contributed by atoms with van der Waals surface area (Å²) in [4.78, 5) is 35.9. The van der Waals surface area contributed by atoms with Crippen LogP contribution in [0.15, 0.2) is 61.2 Å². The summed E-state index contributed by atoms with van der Waals surface area (Å²) in [7, 11) is 0. The smallest absolute Gasteiger partial charge is 0.338 e. The SMILES string of the molecule is C=CC(=O)OCCCCCC[C@H]1CC[C@H](c2ccc(-c3ccc(C4O[C@H](C(=O)OCC)[C@@H](C(=O)OCC)O4)cc3)cc2)CC1. The molecule has 2 atom stereocenters. The minimum absolute atomic E-state index is 0.175. The molecule has 44 heavy (non-hydrogen) atoms. The van der Waals surface area contributed by atoms with Crippen LogP contribution in [-0.2, 0) is 38.1 Å². The third-order valence-electron chi connectivity index (χ3n) is 8.52. The summed E-state index contributed by atoms with van der Waals surface area (Å²) in [5.41, 5.74) is 4.29. The van der Waals surface area contributed by atoms with Crippen molar-refractivity contribution in [3.8, 4) is 11.1 Å². The summed E-state index contributed by atoms with van der Waals surface area (Å²) in [6.07, 6.45) is 8.77. The van der Waals surface area contributed by atoms with Gasteiger partial charge in [0.2, 0.25) is 0 Å². The third kappa shape index (κ3) is 9.26. The minimum atomic E-state index is -1.17. The Morgan fingerprint density at radius 2 is 1.25 bits per heavy atom. The average molecular weight is 607 g/mol. The first-order valence-electron chi connectivity index (χ1n) is 16.1. The van der Waals surface area contributed by atoms with Crippen molar-refractivity contribution in [1.82, 2.24) is 0 Å². The summed E-state index contributed by atoms with van der Waals surface area (Å²) in [5.74, 6) is -0.198. The van der Waals surface area contributed by atoms with Crippen LogP contribution in [0.2, 0.25) is 0 Å². The molecule has 0 spiro atoms. The van der Waals surface area contributed by atoms with Crippen LogP contribution in [0.5, 0.6) is 0 Å². The number of hydrogen-bond donors (Lipinski definition) is 0. The molecule has 2 fully saturated rings. The normalized spacial score (nSPS) is 21.9. The first-order chi connectivity index (χ1) is 21.4. The van der Waals surface area contributed by atoms with E-state index < -0.39 is 30.4 Å². The van der Waals surface area contributed by atoms with E-state index in [1.165, 1.54) is 56.6 Å². The summed E-state index contributed by atoms with van der Waals surface area (Å²) >= 11 is 0. The highest BCUT2D eigenvalue weighted by Crippen LogP contribution is 2.39. The van der Waals surface area contributed by atoms with Crippen molar-refractivity contribution in [1.29, 1.82) is 0 Å². The van der Waals surface area contributed by atoms with Crippen molar-refractivity contribution in [2.24, 2.45) is 5.92 Å². The molecule has 0 N–H and O–H groups in total. The van der Waals surface area contributed by atoms with Crippen molar-refractivity contribution in [3.63, 3.8) is 0 Å². The summed E-state index contributed by atoms with van der Waals surface area (Å²) in [5, 5.41) is 0. The van der Waals surface area contributed by atoms with Crippen LogP contribution in [0.25, 0.3) is 11.1 Å². The zero-order chi connectivity index (χ0) is 31.3. The van der Waals surface area contributed by atoms with Crippen molar-refractivity contribution >= 4 is 17.9 Å². The number of benzene rings is 2. The second-order valence-corrected chi connectivity index (χ2v) is 11.5. The maximum absolute atomic E-state index is 12.4. The molecular formula is C36H46O8. The maximum Gasteiger partial charge on any atom is 0.338 e. The van der Waals surface area contributed by atoms with Crippen molar-refractivity contribution < 1.29 is 38.1 Å². The summed E-state index contributed by atoms with van der Waals surface area (Å²) < 4.78 is 26.8. The van der Waals surface area contributed by atoms with Crippen LogP contribution in [0.1, 0.15) is 95.0 Å². The van der Waals surface area contributed by atoms with Crippen molar-refractivity contribution in [3.05, 3.63) is 72.3 Å². The standard InChI is InChI=1S/C36H46O8/c1-4-31(37)42-24-10-8-7-9-11-25-12-14-26(15-13-25)27-16-18-28(19-17-27)29-20-22-30(23-21-29)36-43-32(34(38)40-5-2)33(44-36)35(39)41-6-3/h4,16-23,25-26,32-33,36H,1,5-15,24H2,2-3H3/t25-,26-,32-,33-/m0/s1. The highest BCUT2D eigenvalue weighted by molar-refractivity contribution is 5.86. The van der Waals surface area contributed by atoms with Gasteiger partial charge in [-0.1, -0.05) is 80.8 Å². The first kappa shape index (κ1) is 33.4. The zero-order valence-electron chi connectivity index (χ0n) is 26.0. The lowest BCUT2D eigenvalue weighted by Gasteiger charge is -2.29. The van der Waals surface area contributed by atoms with Crippen LogP contribution in [0.4, 0.5) is 0 Å². The fourth-order valence-electron chi connectivity index (χ4n) is 6.09. The molecule has 1 aliphatic carbocycles. The molecule has 0 radical (unpaired) electrons. The van der Waals surface area contributed by atoms with E-state index in [0.29, 0.717) is 18.1 Å². The number of rotatable bonds is 15. The van der Waals surface area contributed by atoms with E-state index in [-0.39, 0.29) is 19.2 Å². The van der Waals surface area contributed by atoms with Crippen molar-refractivity contribution in [2.45, 2.75) is 96.1 Å². The monoisotopic (exact) mass is 606 g/mol. The number of unbranched alkanes of at least 4 members (excludes halogenated alkanes) is 3. The molecule has 2 aliphatic rings. The lowest BCUT2D eigenvalue weighted by atomic mass is 9.77. The van der Waals surface area contributed by atoms with Gasteiger partial charge in [-0.05, 0) is 74.5 Å². The molecule has 8 heteroatoms. The Labute approximate surface area is 261 Å².